The van der Waals surface area contributed by atoms with Gasteiger partial charge in [0, 0.05) is 38.4 Å². The van der Waals surface area contributed by atoms with Crippen molar-refractivity contribution in [2.45, 2.75) is 64.3 Å². The molecule has 2 aliphatic rings. The van der Waals surface area contributed by atoms with Crippen LogP contribution in [-0.4, -0.2) is 42.8 Å². The highest BCUT2D eigenvalue weighted by Gasteiger charge is 2.28. The number of aromatic nitrogens is 6. The van der Waals surface area contributed by atoms with Gasteiger partial charge < -0.3 is 13.9 Å². The largest absolute Gasteiger partial charge is 0.422 e. The Bertz CT molecular complexity index is 939. The summed E-state index contributed by atoms with van der Waals surface area (Å²) >= 11 is 0. The highest BCUT2D eigenvalue weighted by molar-refractivity contribution is 5.81. The van der Waals surface area contributed by atoms with Gasteiger partial charge >= 0.3 is 0 Å². The molecule has 0 saturated carbocycles. The van der Waals surface area contributed by atoms with Gasteiger partial charge in [0.1, 0.15) is 18.0 Å². The summed E-state index contributed by atoms with van der Waals surface area (Å²) in [5, 5.41) is 9.05. The number of hydrogen-bond acceptors (Lipinski definition) is 7. The molecular weight excluding hydrogens is 342 g/mol. The normalized spacial score (nSPS) is 18.6. The van der Waals surface area contributed by atoms with Gasteiger partial charge in [-0.3, -0.25) is 0 Å². The topological polar surface area (TPSA) is 85.8 Å². The molecule has 5 heterocycles. The molecule has 8 nitrogen and oxygen atoms in total. The average molecular weight is 367 g/mol. The van der Waals surface area contributed by atoms with Crippen molar-refractivity contribution in [3.63, 3.8) is 0 Å². The Kier molecular flexibility index (Phi) is 4.26. The van der Waals surface area contributed by atoms with E-state index in [0.717, 1.165) is 56.7 Å². The lowest BCUT2D eigenvalue weighted by Gasteiger charge is -2.32. The first-order chi connectivity index (χ1) is 13.3. The minimum Gasteiger partial charge on any atom is -0.422 e. The van der Waals surface area contributed by atoms with Gasteiger partial charge in [-0.2, -0.15) is 4.98 Å². The van der Waals surface area contributed by atoms with Crippen molar-refractivity contribution in [1.82, 2.24) is 29.7 Å². The first kappa shape index (κ1) is 16.6. The number of fused-ring (bicyclic) bond motifs is 2. The van der Waals surface area contributed by atoms with Crippen molar-refractivity contribution in [3.05, 3.63) is 23.9 Å². The van der Waals surface area contributed by atoms with Gasteiger partial charge in [0.25, 0.3) is 5.71 Å². The van der Waals surface area contributed by atoms with Crippen molar-refractivity contribution >= 4 is 17.0 Å². The third kappa shape index (κ3) is 2.96. The molecule has 142 valence electrons. The molecule has 3 aromatic heterocycles. The fourth-order valence-electron chi connectivity index (χ4n) is 4.33. The maximum absolute atomic E-state index is 5.69. The lowest BCUT2D eigenvalue weighted by molar-refractivity contribution is 0.458. The molecule has 1 fully saturated rings. The second kappa shape index (κ2) is 6.90. The highest BCUT2D eigenvalue weighted by Crippen LogP contribution is 2.32. The summed E-state index contributed by atoms with van der Waals surface area (Å²) in [7, 11) is 0. The summed E-state index contributed by atoms with van der Waals surface area (Å²) in [6.45, 7) is 4.98. The zero-order valence-corrected chi connectivity index (χ0v) is 15.8. The Morgan fingerprint density at radius 1 is 1.07 bits per heavy atom. The minimum atomic E-state index is 0.474. The Morgan fingerprint density at radius 3 is 2.81 bits per heavy atom. The summed E-state index contributed by atoms with van der Waals surface area (Å²) in [5.74, 6) is 4.45. The van der Waals surface area contributed by atoms with Crippen LogP contribution in [0, 0.1) is 0 Å². The summed E-state index contributed by atoms with van der Waals surface area (Å²) in [4.78, 5) is 15.6. The molecule has 0 aliphatic carbocycles. The van der Waals surface area contributed by atoms with E-state index >= 15 is 0 Å². The van der Waals surface area contributed by atoms with Crippen LogP contribution in [0.1, 0.15) is 62.5 Å². The highest BCUT2D eigenvalue weighted by atomic mass is 16.4. The number of anilines is 1. The molecule has 0 unspecified atom stereocenters. The fraction of sp³-hybridized carbons (Fsp3) is 0.632. The first-order valence-electron chi connectivity index (χ1n) is 10.1. The van der Waals surface area contributed by atoms with E-state index in [2.05, 4.69) is 34.6 Å². The third-order valence-electron chi connectivity index (χ3n) is 5.82. The molecule has 8 heteroatoms. The molecule has 0 aromatic carbocycles. The van der Waals surface area contributed by atoms with Crippen molar-refractivity contribution < 1.29 is 4.42 Å². The lowest BCUT2D eigenvalue weighted by atomic mass is 9.95. The summed E-state index contributed by atoms with van der Waals surface area (Å²) in [5.41, 5.74) is 1.37. The SMILES string of the molecule is CCc1nc2c(N3CCC(c4nnc5n4CCCCC5)CC3)ncnc2o1. The van der Waals surface area contributed by atoms with Crippen LogP contribution >= 0.6 is 0 Å². The van der Waals surface area contributed by atoms with Crippen molar-refractivity contribution in [2.75, 3.05) is 18.0 Å². The first-order valence-corrected chi connectivity index (χ1v) is 10.1. The van der Waals surface area contributed by atoms with Crippen molar-refractivity contribution in [2.24, 2.45) is 0 Å². The molecule has 3 aromatic rings. The van der Waals surface area contributed by atoms with Crippen LogP contribution in [0.15, 0.2) is 10.7 Å². The van der Waals surface area contributed by atoms with Crippen LogP contribution in [0.2, 0.25) is 0 Å². The number of oxazole rings is 1. The van der Waals surface area contributed by atoms with Gasteiger partial charge in [-0.1, -0.05) is 13.3 Å². The van der Waals surface area contributed by atoms with Gasteiger partial charge in [-0.05, 0) is 25.7 Å². The average Bonchev–Trinajstić information content (AvgIpc) is 3.25. The van der Waals surface area contributed by atoms with Gasteiger partial charge in [-0.25, -0.2) is 9.97 Å². The van der Waals surface area contributed by atoms with Crippen LogP contribution in [0.5, 0.6) is 0 Å². The Morgan fingerprint density at radius 2 is 1.96 bits per heavy atom. The zero-order valence-electron chi connectivity index (χ0n) is 15.8. The number of piperidine rings is 1. The van der Waals surface area contributed by atoms with E-state index in [4.69, 9.17) is 4.42 Å². The van der Waals surface area contributed by atoms with E-state index in [-0.39, 0.29) is 0 Å². The molecule has 27 heavy (non-hydrogen) atoms. The Balaban J connectivity index is 1.35. The second-order valence-corrected chi connectivity index (χ2v) is 7.51. The van der Waals surface area contributed by atoms with Crippen LogP contribution < -0.4 is 4.90 Å². The Hall–Kier alpha value is -2.51. The van der Waals surface area contributed by atoms with Crippen LogP contribution in [0.3, 0.4) is 0 Å². The molecular formula is C19H25N7O. The smallest absolute Gasteiger partial charge is 0.252 e. The fourth-order valence-corrected chi connectivity index (χ4v) is 4.33. The van der Waals surface area contributed by atoms with E-state index in [0.29, 0.717) is 17.5 Å². The number of rotatable bonds is 3. The molecule has 5 rings (SSSR count). The van der Waals surface area contributed by atoms with Crippen molar-refractivity contribution in [1.29, 1.82) is 0 Å². The van der Waals surface area contributed by atoms with E-state index in [1.165, 1.54) is 30.9 Å². The number of nitrogens with zero attached hydrogens (tertiary/aromatic N) is 7. The maximum atomic E-state index is 5.69. The lowest BCUT2D eigenvalue weighted by Crippen LogP contribution is -2.34. The van der Waals surface area contributed by atoms with Crippen LogP contribution in [-0.2, 0) is 19.4 Å². The number of aryl methyl sites for hydroxylation is 2. The maximum Gasteiger partial charge on any atom is 0.252 e. The molecule has 0 radical (unpaired) electrons. The second-order valence-electron chi connectivity index (χ2n) is 7.51. The van der Waals surface area contributed by atoms with Gasteiger partial charge in [-0.15, -0.1) is 10.2 Å². The molecule has 0 atom stereocenters. The van der Waals surface area contributed by atoms with Gasteiger partial charge in [0.2, 0.25) is 0 Å². The van der Waals surface area contributed by atoms with Gasteiger partial charge in [0.15, 0.2) is 17.2 Å². The molecule has 1 saturated heterocycles. The molecule has 0 spiro atoms. The summed E-state index contributed by atoms with van der Waals surface area (Å²) < 4.78 is 8.08. The number of hydrogen-bond donors (Lipinski definition) is 0. The van der Waals surface area contributed by atoms with Gasteiger partial charge in [0.05, 0.1) is 0 Å². The predicted octanol–water partition coefficient (Wildman–Crippen LogP) is 2.88. The zero-order chi connectivity index (χ0) is 18.2. The predicted molar refractivity (Wildman–Crippen MR) is 101 cm³/mol. The summed E-state index contributed by atoms with van der Waals surface area (Å²) in [6, 6.07) is 0. The van der Waals surface area contributed by atoms with Crippen molar-refractivity contribution in [3.8, 4) is 0 Å². The molecule has 0 bridgehead atoms. The van der Waals surface area contributed by atoms with Crippen LogP contribution in [0.25, 0.3) is 11.2 Å². The van der Waals surface area contributed by atoms with E-state index in [9.17, 15) is 0 Å². The molecule has 2 aliphatic heterocycles. The van der Waals surface area contributed by atoms with Crippen LogP contribution in [0.4, 0.5) is 5.82 Å². The van der Waals surface area contributed by atoms with E-state index in [1.807, 2.05) is 6.92 Å². The quantitative estimate of drug-likeness (QED) is 0.703. The Labute approximate surface area is 158 Å². The molecule has 0 amide bonds. The minimum absolute atomic E-state index is 0.474. The monoisotopic (exact) mass is 367 g/mol. The third-order valence-corrected chi connectivity index (χ3v) is 5.82. The molecule has 0 N–H and O–H groups in total. The van der Waals surface area contributed by atoms with E-state index in [1.54, 1.807) is 6.33 Å². The standard InChI is InChI=1S/C19H25N7O/c1-2-15-22-16-18(20-12-21-19(16)27-15)25-10-7-13(8-11-25)17-24-23-14-6-4-3-5-9-26(14)17/h12-13H,2-11H2,1H3. The van der Waals surface area contributed by atoms with E-state index < -0.39 is 0 Å². The summed E-state index contributed by atoms with van der Waals surface area (Å²) in [6.07, 6.45) is 9.28.